The first-order chi connectivity index (χ1) is 13.2. The third kappa shape index (κ3) is 6.00. The van der Waals surface area contributed by atoms with Crippen molar-refractivity contribution in [2.75, 3.05) is 19.7 Å². The molecule has 7 heteroatoms. The number of hydrogen-bond acceptors (Lipinski definition) is 5. The first kappa shape index (κ1) is 21.2. The van der Waals surface area contributed by atoms with Crippen molar-refractivity contribution in [1.82, 2.24) is 4.90 Å². The highest BCUT2D eigenvalue weighted by Crippen LogP contribution is 2.28. The lowest BCUT2D eigenvalue weighted by Crippen LogP contribution is -2.29. The Balaban J connectivity index is 1.53. The van der Waals surface area contributed by atoms with Gasteiger partial charge in [0.1, 0.15) is 30.3 Å². The molecule has 0 spiro atoms. The third-order valence-electron chi connectivity index (χ3n) is 4.41. The van der Waals surface area contributed by atoms with Crippen LogP contribution >= 0.6 is 23.2 Å². The van der Waals surface area contributed by atoms with E-state index in [1.807, 2.05) is 24.3 Å². The number of halogens is 2. The zero-order valence-electron chi connectivity index (χ0n) is 15.9. The summed E-state index contributed by atoms with van der Waals surface area (Å²) in [6.07, 6.45) is -0.907. The van der Waals surface area contributed by atoms with Gasteiger partial charge in [0.15, 0.2) is 0 Å². The zero-order valence-corrected chi connectivity index (χ0v) is 17.5. The van der Waals surface area contributed by atoms with Gasteiger partial charge in [-0.2, -0.15) is 0 Å². The molecule has 0 radical (unpaired) electrons. The molecule has 0 amide bonds. The van der Waals surface area contributed by atoms with Crippen LogP contribution in [0.1, 0.15) is 19.4 Å². The van der Waals surface area contributed by atoms with Gasteiger partial charge >= 0.3 is 0 Å². The van der Waals surface area contributed by atoms with Gasteiger partial charge in [0.25, 0.3) is 0 Å². The van der Waals surface area contributed by atoms with Crippen LogP contribution in [0.4, 0.5) is 0 Å². The maximum absolute atomic E-state index is 10.3. The Morgan fingerprint density at radius 3 is 2.36 bits per heavy atom. The van der Waals surface area contributed by atoms with E-state index >= 15 is 0 Å². The summed E-state index contributed by atoms with van der Waals surface area (Å²) in [6, 6.07) is 12.8. The average Bonchev–Trinajstić information content (AvgIpc) is 2.96. The fraction of sp³-hybridized carbons (Fsp3) is 0.429. The molecule has 1 aliphatic rings. The Hall–Kier alpha value is -1.50. The standard InChI is InChI=1S/C21H25Cl2NO4/c1-21(2,26)13-27-15-5-3-14(4-6-15)10-24-11-19(25)20(12-24)28-16-7-8-17(22)18(23)9-16/h3-9,19-20,25-26H,10-13H2,1-2H3/t19-,20-/m0/s1. The van der Waals surface area contributed by atoms with Gasteiger partial charge in [0.2, 0.25) is 0 Å². The number of rotatable bonds is 7. The van der Waals surface area contributed by atoms with Crippen LogP contribution in [0.2, 0.25) is 10.0 Å². The van der Waals surface area contributed by atoms with Crippen LogP contribution < -0.4 is 9.47 Å². The van der Waals surface area contributed by atoms with Crippen LogP contribution in [-0.2, 0) is 6.54 Å². The van der Waals surface area contributed by atoms with Crippen molar-refractivity contribution >= 4 is 23.2 Å². The summed E-state index contributed by atoms with van der Waals surface area (Å²) >= 11 is 11.9. The summed E-state index contributed by atoms with van der Waals surface area (Å²) in [5.74, 6) is 1.31. The topological polar surface area (TPSA) is 62.2 Å². The number of aliphatic hydroxyl groups excluding tert-OH is 1. The van der Waals surface area contributed by atoms with E-state index < -0.39 is 11.7 Å². The largest absolute Gasteiger partial charge is 0.491 e. The molecule has 0 saturated carbocycles. The lowest BCUT2D eigenvalue weighted by molar-refractivity contribution is 0.0285. The fourth-order valence-electron chi connectivity index (χ4n) is 3.01. The van der Waals surface area contributed by atoms with E-state index in [0.717, 1.165) is 5.56 Å². The van der Waals surface area contributed by atoms with Crippen molar-refractivity contribution in [2.24, 2.45) is 0 Å². The summed E-state index contributed by atoms with van der Waals surface area (Å²) < 4.78 is 11.5. The Bertz CT molecular complexity index is 792. The molecular formula is C21H25Cl2NO4. The molecule has 152 valence electrons. The van der Waals surface area contributed by atoms with E-state index in [4.69, 9.17) is 32.7 Å². The van der Waals surface area contributed by atoms with E-state index in [-0.39, 0.29) is 12.7 Å². The second-order valence-corrected chi connectivity index (χ2v) is 8.55. The van der Waals surface area contributed by atoms with Crippen molar-refractivity contribution < 1.29 is 19.7 Å². The molecule has 0 aliphatic carbocycles. The van der Waals surface area contributed by atoms with E-state index in [2.05, 4.69) is 4.90 Å². The lowest BCUT2D eigenvalue weighted by atomic mass is 10.1. The number of benzene rings is 2. The molecule has 2 atom stereocenters. The Labute approximate surface area is 175 Å². The number of aliphatic hydroxyl groups is 2. The summed E-state index contributed by atoms with van der Waals surface area (Å²) in [4.78, 5) is 2.14. The summed E-state index contributed by atoms with van der Waals surface area (Å²) in [5, 5.41) is 21.0. The zero-order chi connectivity index (χ0) is 20.3. The SMILES string of the molecule is CC(C)(O)COc1ccc(CN2C[C@H](Oc3ccc(Cl)c(Cl)c3)[C@@H](O)C2)cc1. The molecule has 28 heavy (non-hydrogen) atoms. The van der Waals surface area contributed by atoms with Crippen LogP contribution in [0.3, 0.4) is 0 Å². The number of nitrogens with zero attached hydrogens (tertiary/aromatic N) is 1. The first-order valence-corrected chi connectivity index (χ1v) is 9.91. The van der Waals surface area contributed by atoms with Crippen molar-refractivity contribution in [3.05, 3.63) is 58.1 Å². The Morgan fingerprint density at radius 1 is 1.04 bits per heavy atom. The van der Waals surface area contributed by atoms with E-state index in [0.29, 0.717) is 41.2 Å². The quantitative estimate of drug-likeness (QED) is 0.706. The van der Waals surface area contributed by atoms with Gasteiger partial charge in [-0.05, 0) is 43.7 Å². The van der Waals surface area contributed by atoms with Crippen LogP contribution in [0.5, 0.6) is 11.5 Å². The molecule has 2 N–H and O–H groups in total. The maximum atomic E-state index is 10.3. The van der Waals surface area contributed by atoms with Gasteiger partial charge in [-0.1, -0.05) is 35.3 Å². The minimum absolute atomic E-state index is 0.235. The molecule has 5 nitrogen and oxygen atoms in total. The number of β-amino-alcohol motifs (C(OH)–C–C–N with tert-alkyl or cyclic N) is 1. The molecule has 2 aromatic carbocycles. The van der Waals surface area contributed by atoms with E-state index in [9.17, 15) is 10.2 Å². The number of ether oxygens (including phenoxy) is 2. The van der Waals surface area contributed by atoms with Gasteiger partial charge in [0, 0.05) is 25.7 Å². The number of likely N-dealkylation sites (tertiary alicyclic amines) is 1. The molecule has 3 rings (SSSR count). The third-order valence-corrected chi connectivity index (χ3v) is 5.15. The highest BCUT2D eigenvalue weighted by molar-refractivity contribution is 6.42. The minimum atomic E-state index is -0.867. The van der Waals surface area contributed by atoms with E-state index in [1.165, 1.54) is 0 Å². The van der Waals surface area contributed by atoms with Gasteiger partial charge in [-0.15, -0.1) is 0 Å². The molecule has 0 aromatic heterocycles. The van der Waals surface area contributed by atoms with Crippen molar-refractivity contribution in [2.45, 2.75) is 38.2 Å². The highest BCUT2D eigenvalue weighted by Gasteiger charge is 2.33. The highest BCUT2D eigenvalue weighted by atomic mass is 35.5. The first-order valence-electron chi connectivity index (χ1n) is 9.16. The molecule has 1 aliphatic heterocycles. The Morgan fingerprint density at radius 2 is 1.71 bits per heavy atom. The molecule has 0 bridgehead atoms. The fourth-order valence-corrected chi connectivity index (χ4v) is 3.30. The summed E-state index contributed by atoms with van der Waals surface area (Å²) in [5.41, 5.74) is 0.242. The Kier molecular flexibility index (Phi) is 6.73. The van der Waals surface area contributed by atoms with E-state index in [1.54, 1.807) is 32.0 Å². The molecule has 2 aromatic rings. The molecule has 1 fully saturated rings. The monoisotopic (exact) mass is 425 g/mol. The van der Waals surface area contributed by atoms with Crippen LogP contribution in [0, 0.1) is 0 Å². The molecule has 1 saturated heterocycles. The number of hydrogen-bond donors (Lipinski definition) is 2. The normalized spacial score (nSPS) is 20.4. The second-order valence-electron chi connectivity index (χ2n) is 7.74. The van der Waals surface area contributed by atoms with Gasteiger partial charge in [0.05, 0.1) is 15.6 Å². The van der Waals surface area contributed by atoms with Gasteiger partial charge < -0.3 is 19.7 Å². The molecule has 1 heterocycles. The molecule has 0 unspecified atom stereocenters. The van der Waals surface area contributed by atoms with Gasteiger partial charge in [-0.25, -0.2) is 0 Å². The minimum Gasteiger partial charge on any atom is -0.491 e. The van der Waals surface area contributed by atoms with Crippen LogP contribution in [-0.4, -0.2) is 52.6 Å². The lowest BCUT2D eigenvalue weighted by Gasteiger charge is -2.19. The average molecular weight is 426 g/mol. The summed E-state index contributed by atoms with van der Waals surface area (Å²) in [7, 11) is 0. The predicted octanol–water partition coefficient (Wildman–Crippen LogP) is 3.77. The predicted molar refractivity (Wildman–Crippen MR) is 110 cm³/mol. The maximum Gasteiger partial charge on any atom is 0.138 e. The van der Waals surface area contributed by atoms with Crippen LogP contribution in [0.15, 0.2) is 42.5 Å². The van der Waals surface area contributed by atoms with Crippen molar-refractivity contribution in [3.8, 4) is 11.5 Å². The van der Waals surface area contributed by atoms with Crippen molar-refractivity contribution in [3.63, 3.8) is 0 Å². The van der Waals surface area contributed by atoms with Crippen LogP contribution in [0.25, 0.3) is 0 Å². The summed E-state index contributed by atoms with van der Waals surface area (Å²) in [6.45, 7) is 5.48. The smallest absolute Gasteiger partial charge is 0.138 e. The second kappa shape index (κ2) is 8.89. The van der Waals surface area contributed by atoms with Gasteiger partial charge in [-0.3, -0.25) is 4.90 Å². The molecular weight excluding hydrogens is 401 g/mol. The van der Waals surface area contributed by atoms with Crippen molar-refractivity contribution in [1.29, 1.82) is 0 Å².